The molecule has 6 N–H and O–H groups in total. The third-order valence-corrected chi connectivity index (χ3v) is 0.854. The Bertz CT molecular complexity index is 239. The summed E-state index contributed by atoms with van der Waals surface area (Å²) in [6.45, 7) is 6.72. The van der Waals surface area contributed by atoms with Crippen molar-refractivity contribution in [3.05, 3.63) is 25.3 Å². The van der Waals surface area contributed by atoms with E-state index in [4.69, 9.17) is 17.2 Å². The van der Waals surface area contributed by atoms with E-state index >= 15 is 0 Å². The van der Waals surface area contributed by atoms with Gasteiger partial charge in [0.1, 0.15) is 0 Å². The highest BCUT2D eigenvalue weighted by molar-refractivity contribution is 5.33. The molecule has 13 heavy (non-hydrogen) atoms. The molecule has 0 radical (unpaired) electrons. The fourth-order valence-electron chi connectivity index (χ4n) is 0.427. The highest BCUT2D eigenvalue weighted by Crippen LogP contribution is 1.97. The van der Waals surface area contributed by atoms with Gasteiger partial charge in [-0.1, -0.05) is 25.3 Å². The summed E-state index contributed by atoms with van der Waals surface area (Å²) in [5.41, 5.74) is 15.4. The first-order valence-electron chi connectivity index (χ1n) is 3.36. The molecule has 0 unspecified atom stereocenters. The SMILES string of the molecule is C=CC=C.Nc1nc(N)nc(N)n1. The molecule has 6 nitrogen and oxygen atoms in total. The predicted octanol–water partition coefficient (Wildman–Crippen LogP) is -0.0234. The van der Waals surface area contributed by atoms with Crippen molar-refractivity contribution in [2.45, 2.75) is 0 Å². The van der Waals surface area contributed by atoms with Crippen LogP contribution in [-0.4, -0.2) is 15.0 Å². The summed E-state index contributed by atoms with van der Waals surface area (Å²) >= 11 is 0. The van der Waals surface area contributed by atoms with E-state index < -0.39 is 0 Å². The highest BCUT2D eigenvalue weighted by Gasteiger charge is 1.93. The lowest BCUT2D eigenvalue weighted by molar-refractivity contribution is 1.09. The molecule has 0 amide bonds. The fraction of sp³-hybridized carbons (Fsp3) is 0. The lowest BCUT2D eigenvalue weighted by Gasteiger charge is -1.93. The maximum atomic E-state index is 5.14. The second kappa shape index (κ2) is 5.53. The first-order valence-corrected chi connectivity index (χ1v) is 3.36. The minimum atomic E-state index is 0.0417. The molecule has 0 aromatic carbocycles. The van der Waals surface area contributed by atoms with Gasteiger partial charge >= 0.3 is 0 Å². The largest absolute Gasteiger partial charge is 0.368 e. The molecule has 0 spiro atoms. The van der Waals surface area contributed by atoms with Crippen LogP contribution < -0.4 is 17.2 Å². The van der Waals surface area contributed by atoms with E-state index in [0.717, 1.165) is 0 Å². The van der Waals surface area contributed by atoms with E-state index in [9.17, 15) is 0 Å². The van der Waals surface area contributed by atoms with Crippen molar-refractivity contribution in [1.82, 2.24) is 15.0 Å². The van der Waals surface area contributed by atoms with Gasteiger partial charge in [0.15, 0.2) is 0 Å². The van der Waals surface area contributed by atoms with Gasteiger partial charge in [0.25, 0.3) is 0 Å². The van der Waals surface area contributed by atoms with Crippen molar-refractivity contribution in [2.75, 3.05) is 17.2 Å². The normalized spacial score (nSPS) is 8.00. The number of hydrogen-bond donors (Lipinski definition) is 3. The summed E-state index contributed by atoms with van der Waals surface area (Å²) in [6.07, 6.45) is 3.28. The Morgan fingerprint density at radius 3 is 1.15 bits per heavy atom. The summed E-state index contributed by atoms with van der Waals surface area (Å²) in [6, 6.07) is 0. The van der Waals surface area contributed by atoms with E-state index in [1.807, 2.05) is 0 Å². The molecule has 0 aliphatic rings. The van der Waals surface area contributed by atoms with E-state index in [-0.39, 0.29) is 17.8 Å². The maximum Gasteiger partial charge on any atom is 0.226 e. The van der Waals surface area contributed by atoms with Gasteiger partial charge < -0.3 is 17.2 Å². The first-order chi connectivity index (χ1) is 6.10. The van der Waals surface area contributed by atoms with Crippen molar-refractivity contribution >= 4 is 17.8 Å². The van der Waals surface area contributed by atoms with Gasteiger partial charge in [-0.15, -0.1) is 0 Å². The topological polar surface area (TPSA) is 117 Å². The summed E-state index contributed by atoms with van der Waals surface area (Å²) < 4.78 is 0. The highest BCUT2D eigenvalue weighted by atomic mass is 15.2. The lowest BCUT2D eigenvalue weighted by atomic mass is 10.6. The fourth-order valence-corrected chi connectivity index (χ4v) is 0.427. The first kappa shape index (κ1) is 10.9. The van der Waals surface area contributed by atoms with Crippen LogP contribution in [0.15, 0.2) is 25.3 Å². The van der Waals surface area contributed by atoms with E-state index in [1.165, 1.54) is 0 Å². The molecule has 0 saturated carbocycles. The number of aromatic nitrogens is 3. The summed E-state index contributed by atoms with van der Waals surface area (Å²) in [5, 5.41) is 0. The van der Waals surface area contributed by atoms with Crippen LogP contribution in [0, 0.1) is 0 Å². The standard InChI is InChI=1S/C4H6.C3H6N6/c1-3-4-2;4-1-7-2(5)9-3(6)8-1/h3-4H,1-2H2;(H6,4,5,6,7,8,9). The van der Waals surface area contributed by atoms with Crippen LogP contribution in [0.25, 0.3) is 0 Å². The molecule has 0 bridgehead atoms. The average Bonchev–Trinajstić information content (AvgIpc) is 2.02. The van der Waals surface area contributed by atoms with Crippen LogP contribution in [-0.2, 0) is 0 Å². The number of nitrogens with two attached hydrogens (primary N) is 3. The van der Waals surface area contributed by atoms with Crippen LogP contribution in [0.2, 0.25) is 0 Å². The molecule has 0 atom stereocenters. The maximum absolute atomic E-state index is 5.14. The summed E-state index contributed by atoms with van der Waals surface area (Å²) in [5.74, 6) is 0.125. The van der Waals surface area contributed by atoms with E-state index in [0.29, 0.717) is 0 Å². The number of hydrogen-bond acceptors (Lipinski definition) is 6. The molecule has 0 fully saturated rings. The number of rotatable bonds is 1. The van der Waals surface area contributed by atoms with Gasteiger partial charge in [-0.3, -0.25) is 0 Å². The molecule has 6 heteroatoms. The van der Waals surface area contributed by atoms with E-state index in [2.05, 4.69) is 28.1 Å². The Morgan fingerprint density at radius 2 is 1.00 bits per heavy atom. The Balaban J connectivity index is 0.000000310. The molecule has 1 aromatic heterocycles. The van der Waals surface area contributed by atoms with Crippen LogP contribution in [0.1, 0.15) is 0 Å². The molecular formula is C7H12N6. The lowest BCUT2D eigenvalue weighted by Crippen LogP contribution is -2.05. The van der Waals surface area contributed by atoms with Gasteiger partial charge in [0.2, 0.25) is 17.8 Å². The second-order valence-corrected chi connectivity index (χ2v) is 1.88. The number of anilines is 3. The van der Waals surface area contributed by atoms with Gasteiger partial charge in [-0.05, 0) is 0 Å². The molecule has 70 valence electrons. The Labute approximate surface area is 76.2 Å². The van der Waals surface area contributed by atoms with Crippen LogP contribution in [0.3, 0.4) is 0 Å². The predicted molar refractivity (Wildman–Crippen MR) is 53.5 cm³/mol. The van der Waals surface area contributed by atoms with Crippen LogP contribution >= 0.6 is 0 Å². The minimum Gasteiger partial charge on any atom is -0.368 e. The molecule has 1 heterocycles. The van der Waals surface area contributed by atoms with Gasteiger partial charge in [-0.25, -0.2) is 0 Å². The third kappa shape index (κ3) is 5.19. The second-order valence-electron chi connectivity index (χ2n) is 1.88. The van der Waals surface area contributed by atoms with Gasteiger partial charge in [0, 0.05) is 0 Å². The third-order valence-electron chi connectivity index (χ3n) is 0.854. The molecule has 1 aromatic rings. The quantitative estimate of drug-likeness (QED) is 0.523. The number of allylic oxidation sites excluding steroid dienone is 2. The average molecular weight is 180 g/mol. The number of nitrogen functional groups attached to an aromatic ring is 3. The zero-order chi connectivity index (χ0) is 10.3. The summed E-state index contributed by atoms with van der Waals surface area (Å²) in [4.78, 5) is 10.5. The Hall–Kier alpha value is -2.11. The van der Waals surface area contributed by atoms with Gasteiger partial charge in [-0.2, -0.15) is 15.0 Å². The van der Waals surface area contributed by atoms with Crippen LogP contribution in [0.4, 0.5) is 17.8 Å². The van der Waals surface area contributed by atoms with Crippen molar-refractivity contribution in [1.29, 1.82) is 0 Å². The van der Waals surface area contributed by atoms with Crippen molar-refractivity contribution in [3.63, 3.8) is 0 Å². The Kier molecular flexibility index (Phi) is 4.63. The molecule has 0 aliphatic carbocycles. The molecule has 1 rings (SSSR count). The monoisotopic (exact) mass is 180 g/mol. The minimum absolute atomic E-state index is 0.0417. The smallest absolute Gasteiger partial charge is 0.226 e. The zero-order valence-corrected chi connectivity index (χ0v) is 7.14. The van der Waals surface area contributed by atoms with Crippen molar-refractivity contribution < 1.29 is 0 Å². The van der Waals surface area contributed by atoms with E-state index in [1.54, 1.807) is 12.2 Å². The Morgan fingerprint density at radius 1 is 0.769 bits per heavy atom. The molecule has 0 saturated heterocycles. The summed E-state index contributed by atoms with van der Waals surface area (Å²) in [7, 11) is 0. The number of nitrogens with zero attached hydrogens (tertiary/aromatic N) is 3. The zero-order valence-electron chi connectivity index (χ0n) is 7.14. The van der Waals surface area contributed by atoms with Crippen LogP contribution in [0.5, 0.6) is 0 Å². The van der Waals surface area contributed by atoms with Gasteiger partial charge in [0.05, 0.1) is 0 Å². The van der Waals surface area contributed by atoms with Crippen molar-refractivity contribution in [2.24, 2.45) is 0 Å². The van der Waals surface area contributed by atoms with Crippen molar-refractivity contribution in [3.8, 4) is 0 Å². The molecule has 0 aliphatic heterocycles. The molecular weight excluding hydrogens is 168 g/mol.